The number of hydrogen-bond donors (Lipinski definition) is 1. The second-order valence-corrected chi connectivity index (χ2v) is 6.30. The molecule has 3 nitrogen and oxygen atoms in total. The summed E-state index contributed by atoms with van der Waals surface area (Å²) < 4.78 is 5.63. The Morgan fingerprint density at radius 1 is 1.17 bits per heavy atom. The first-order valence-electron chi connectivity index (χ1n) is 7.53. The number of rotatable bonds is 9. The van der Waals surface area contributed by atoms with Crippen LogP contribution in [0.3, 0.4) is 0 Å². The second-order valence-electron chi connectivity index (χ2n) is 6.30. The van der Waals surface area contributed by atoms with Gasteiger partial charge in [-0.05, 0) is 39.3 Å². The smallest absolute Gasteiger partial charge is 0.0590 e. The van der Waals surface area contributed by atoms with Gasteiger partial charge in [-0.2, -0.15) is 0 Å². The van der Waals surface area contributed by atoms with Crippen LogP contribution in [0.25, 0.3) is 0 Å². The van der Waals surface area contributed by atoms with Gasteiger partial charge in [0.2, 0.25) is 0 Å². The van der Waals surface area contributed by atoms with Crippen LogP contribution in [0, 0.1) is 5.92 Å². The van der Waals surface area contributed by atoms with Crippen LogP contribution in [-0.2, 0) is 4.74 Å². The Morgan fingerprint density at radius 3 is 2.39 bits per heavy atom. The lowest BCUT2D eigenvalue weighted by molar-refractivity contribution is 0.115. The predicted octanol–water partition coefficient (Wildman–Crippen LogP) is 2.51. The summed E-state index contributed by atoms with van der Waals surface area (Å²) in [5.41, 5.74) is 0.401. The van der Waals surface area contributed by atoms with E-state index in [4.69, 9.17) is 4.74 Å². The minimum Gasteiger partial charge on any atom is -0.380 e. The molecule has 0 bridgehead atoms. The lowest BCUT2D eigenvalue weighted by Crippen LogP contribution is -2.50. The molecule has 0 aliphatic heterocycles. The van der Waals surface area contributed by atoms with Crippen molar-refractivity contribution in [1.29, 1.82) is 0 Å². The second kappa shape index (κ2) is 8.13. The normalized spacial score (nSPS) is 19.0. The lowest BCUT2D eigenvalue weighted by Gasteiger charge is -2.36. The topological polar surface area (TPSA) is 24.5 Å². The fourth-order valence-corrected chi connectivity index (χ4v) is 2.70. The standard InChI is InChI=1S/C15H32N2O/c1-14(2)7-11-18-12-10-16-13-15(17(3)4)8-5-6-9-15/h14,16H,5-13H2,1-4H3. The van der Waals surface area contributed by atoms with E-state index in [-0.39, 0.29) is 0 Å². The molecule has 0 atom stereocenters. The van der Waals surface area contributed by atoms with Crippen molar-refractivity contribution in [3.8, 4) is 0 Å². The molecule has 0 aromatic rings. The summed E-state index contributed by atoms with van der Waals surface area (Å²) in [4.78, 5) is 2.41. The van der Waals surface area contributed by atoms with Crippen molar-refractivity contribution in [3.63, 3.8) is 0 Å². The van der Waals surface area contributed by atoms with Crippen LogP contribution >= 0.6 is 0 Å². The monoisotopic (exact) mass is 256 g/mol. The van der Waals surface area contributed by atoms with Crippen LogP contribution in [0.15, 0.2) is 0 Å². The van der Waals surface area contributed by atoms with Crippen LogP contribution in [0.5, 0.6) is 0 Å². The summed E-state index contributed by atoms with van der Waals surface area (Å²) in [6, 6.07) is 0. The zero-order valence-corrected chi connectivity index (χ0v) is 12.8. The molecule has 1 saturated carbocycles. The lowest BCUT2D eigenvalue weighted by atomic mass is 9.96. The highest BCUT2D eigenvalue weighted by atomic mass is 16.5. The van der Waals surface area contributed by atoms with Crippen molar-refractivity contribution in [2.75, 3.05) is 40.4 Å². The summed E-state index contributed by atoms with van der Waals surface area (Å²) >= 11 is 0. The summed E-state index contributed by atoms with van der Waals surface area (Å²) in [5, 5.41) is 3.57. The first-order chi connectivity index (χ1) is 8.57. The quantitative estimate of drug-likeness (QED) is 0.642. The Hall–Kier alpha value is -0.120. The largest absolute Gasteiger partial charge is 0.380 e. The maximum atomic E-state index is 5.63. The van der Waals surface area contributed by atoms with Crippen molar-refractivity contribution in [2.45, 2.75) is 51.5 Å². The van der Waals surface area contributed by atoms with Gasteiger partial charge in [-0.15, -0.1) is 0 Å². The number of hydrogen-bond acceptors (Lipinski definition) is 3. The van der Waals surface area contributed by atoms with Crippen molar-refractivity contribution in [2.24, 2.45) is 5.92 Å². The minimum atomic E-state index is 0.401. The molecule has 1 N–H and O–H groups in total. The molecule has 0 radical (unpaired) electrons. The molecule has 0 spiro atoms. The van der Waals surface area contributed by atoms with Gasteiger partial charge in [-0.3, -0.25) is 0 Å². The highest BCUT2D eigenvalue weighted by molar-refractivity contribution is 4.94. The van der Waals surface area contributed by atoms with E-state index in [0.717, 1.165) is 32.2 Å². The summed E-state index contributed by atoms with van der Waals surface area (Å²) in [5.74, 6) is 0.744. The fourth-order valence-electron chi connectivity index (χ4n) is 2.70. The maximum Gasteiger partial charge on any atom is 0.0590 e. The molecule has 0 heterocycles. The SMILES string of the molecule is CC(C)CCOCCNCC1(N(C)C)CCCC1. The number of nitrogens with zero attached hydrogens (tertiary/aromatic N) is 1. The van der Waals surface area contributed by atoms with Gasteiger partial charge in [0.25, 0.3) is 0 Å². The van der Waals surface area contributed by atoms with E-state index in [1.165, 1.54) is 32.1 Å². The first kappa shape index (κ1) is 15.9. The summed E-state index contributed by atoms with van der Waals surface area (Å²) in [6.45, 7) is 8.31. The van der Waals surface area contributed by atoms with Gasteiger partial charge in [-0.25, -0.2) is 0 Å². The van der Waals surface area contributed by atoms with Crippen molar-refractivity contribution >= 4 is 0 Å². The van der Waals surface area contributed by atoms with Crippen molar-refractivity contribution in [3.05, 3.63) is 0 Å². The van der Waals surface area contributed by atoms with Crippen LogP contribution in [-0.4, -0.2) is 50.8 Å². The summed E-state index contributed by atoms with van der Waals surface area (Å²) in [6.07, 6.45) is 6.60. The third-order valence-corrected chi connectivity index (χ3v) is 4.20. The number of nitrogens with one attached hydrogen (secondary N) is 1. The molecule has 0 aromatic carbocycles. The highest BCUT2D eigenvalue weighted by Crippen LogP contribution is 2.32. The Bertz CT molecular complexity index is 211. The highest BCUT2D eigenvalue weighted by Gasteiger charge is 2.35. The molecule has 108 valence electrons. The average molecular weight is 256 g/mol. The third-order valence-electron chi connectivity index (χ3n) is 4.20. The minimum absolute atomic E-state index is 0.401. The van der Waals surface area contributed by atoms with Crippen LogP contribution in [0.4, 0.5) is 0 Å². The molecule has 0 aromatic heterocycles. The van der Waals surface area contributed by atoms with E-state index in [2.05, 4.69) is 38.2 Å². The molecule has 18 heavy (non-hydrogen) atoms. The average Bonchev–Trinajstić information content (AvgIpc) is 2.77. The van der Waals surface area contributed by atoms with Gasteiger partial charge >= 0.3 is 0 Å². The van der Waals surface area contributed by atoms with Gasteiger partial charge in [0, 0.05) is 25.2 Å². The Balaban J connectivity index is 2.06. The zero-order valence-electron chi connectivity index (χ0n) is 12.8. The molecule has 3 heteroatoms. The molecule has 0 amide bonds. The van der Waals surface area contributed by atoms with Crippen LogP contribution in [0.1, 0.15) is 46.0 Å². The van der Waals surface area contributed by atoms with Crippen molar-refractivity contribution < 1.29 is 4.74 Å². The molecule has 1 aliphatic rings. The Morgan fingerprint density at radius 2 is 1.83 bits per heavy atom. The molecule has 1 rings (SSSR count). The van der Waals surface area contributed by atoms with Crippen LogP contribution < -0.4 is 5.32 Å². The molecule has 1 fully saturated rings. The molecule has 0 saturated heterocycles. The van der Waals surface area contributed by atoms with E-state index < -0.39 is 0 Å². The Labute approximate surface area is 113 Å². The van der Waals surface area contributed by atoms with Gasteiger partial charge < -0.3 is 15.0 Å². The number of ether oxygens (including phenoxy) is 1. The number of likely N-dealkylation sites (N-methyl/N-ethyl adjacent to an activating group) is 1. The fraction of sp³-hybridized carbons (Fsp3) is 1.00. The Kier molecular flexibility index (Phi) is 7.20. The van der Waals surface area contributed by atoms with Crippen LogP contribution in [0.2, 0.25) is 0 Å². The predicted molar refractivity (Wildman–Crippen MR) is 78.0 cm³/mol. The zero-order chi connectivity index (χ0) is 13.4. The molecule has 0 unspecified atom stereocenters. The van der Waals surface area contributed by atoms with Gasteiger partial charge in [-0.1, -0.05) is 26.7 Å². The van der Waals surface area contributed by atoms with E-state index in [9.17, 15) is 0 Å². The molecular weight excluding hydrogens is 224 g/mol. The van der Waals surface area contributed by atoms with Crippen molar-refractivity contribution in [1.82, 2.24) is 10.2 Å². The molecule has 1 aliphatic carbocycles. The molecular formula is C15H32N2O. The van der Waals surface area contributed by atoms with E-state index in [1.807, 2.05) is 0 Å². The van der Waals surface area contributed by atoms with E-state index in [1.54, 1.807) is 0 Å². The van der Waals surface area contributed by atoms with Gasteiger partial charge in [0.05, 0.1) is 6.61 Å². The maximum absolute atomic E-state index is 5.63. The third kappa shape index (κ3) is 5.25. The van der Waals surface area contributed by atoms with Gasteiger partial charge in [0.1, 0.15) is 0 Å². The van der Waals surface area contributed by atoms with E-state index >= 15 is 0 Å². The summed E-state index contributed by atoms with van der Waals surface area (Å²) in [7, 11) is 4.43. The van der Waals surface area contributed by atoms with Gasteiger partial charge in [0.15, 0.2) is 0 Å². The van der Waals surface area contributed by atoms with E-state index in [0.29, 0.717) is 5.54 Å². The first-order valence-corrected chi connectivity index (χ1v) is 7.53.